The van der Waals surface area contributed by atoms with Gasteiger partial charge in [-0.05, 0) is 31.5 Å². The Morgan fingerprint density at radius 1 is 1.30 bits per heavy atom. The predicted molar refractivity (Wildman–Crippen MR) is 71.7 cm³/mol. The number of sulfonamides is 1. The second kappa shape index (κ2) is 5.06. The van der Waals surface area contributed by atoms with E-state index in [1.807, 2.05) is 0 Å². The third kappa shape index (κ3) is 2.86. The first-order valence-electron chi connectivity index (χ1n) is 5.65. The van der Waals surface area contributed by atoms with Gasteiger partial charge >= 0.3 is 0 Å². The maximum atomic E-state index is 12.0. The number of aromatic nitrogens is 1. The quantitative estimate of drug-likeness (QED) is 0.882. The molecule has 0 unspecified atom stereocenters. The second-order valence-electron chi connectivity index (χ2n) is 4.31. The molecule has 0 fully saturated rings. The number of nitrogens with two attached hydrogens (primary N) is 1. The van der Waals surface area contributed by atoms with Crippen LogP contribution >= 0.6 is 0 Å². The molecule has 0 aliphatic heterocycles. The third-order valence-electron chi connectivity index (χ3n) is 2.74. The maximum absolute atomic E-state index is 12.0. The number of carbonyl (C=O) groups is 1. The molecule has 0 bridgehead atoms. The van der Waals surface area contributed by atoms with Gasteiger partial charge in [-0.3, -0.25) is 4.79 Å². The van der Waals surface area contributed by atoms with E-state index in [0.717, 1.165) is 0 Å². The number of amides is 1. The Bertz CT molecular complexity index is 765. The minimum atomic E-state index is -3.83. The van der Waals surface area contributed by atoms with Crippen LogP contribution in [0.4, 0.5) is 5.69 Å². The summed E-state index contributed by atoms with van der Waals surface area (Å²) in [6.45, 7) is 3.41. The lowest BCUT2D eigenvalue weighted by molar-refractivity contribution is 0.0987. The van der Waals surface area contributed by atoms with Crippen molar-refractivity contribution < 1.29 is 17.7 Å². The van der Waals surface area contributed by atoms with E-state index in [-0.39, 0.29) is 10.7 Å². The molecular weight excluding hydrogens is 282 g/mol. The molecule has 0 atom stereocenters. The summed E-state index contributed by atoms with van der Waals surface area (Å²) < 4.78 is 27.4. The summed E-state index contributed by atoms with van der Waals surface area (Å²) in [6.07, 6.45) is 1.42. The fourth-order valence-corrected chi connectivity index (χ4v) is 2.14. The Kier molecular flexibility index (Phi) is 3.60. The van der Waals surface area contributed by atoms with E-state index >= 15 is 0 Å². The Balaban J connectivity index is 2.34. The van der Waals surface area contributed by atoms with Crippen molar-refractivity contribution in [2.24, 2.45) is 5.14 Å². The molecular formula is C12H13N3O4S. The Morgan fingerprint density at radius 3 is 2.55 bits per heavy atom. The number of hydrogen-bond acceptors (Lipinski definition) is 5. The van der Waals surface area contributed by atoms with Crippen molar-refractivity contribution in [3.05, 3.63) is 41.3 Å². The van der Waals surface area contributed by atoms with Crippen LogP contribution in [0, 0.1) is 13.8 Å². The van der Waals surface area contributed by atoms with Crippen molar-refractivity contribution in [2.45, 2.75) is 18.7 Å². The first-order valence-corrected chi connectivity index (χ1v) is 7.20. The molecule has 0 saturated heterocycles. The number of hydrogen-bond donors (Lipinski definition) is 2. The smallest absolute Gasteiger partial charge is 0.294 e. The summed E-state index contributed by atoms with van der Waals surface area (Å²) in [5, 5.41) is 11.1. The molecule has 1 heterocycles. The molecule has 1 amide bonds. The zero-order valence-corrected chi connectivity index (χ0v) is 11.7. The number of anilines is 1. The second-order valence-corrected chi connectivity index (χ2v) is 5.88. The Labute approximate surface area is 115 Å². The summed E-state index contributed by atoms with van der Waals surface area (Å²) in [4.78, 5) is 11.9. The number of nitrogens with one attached hydrogen (secondary N) is 1. The molecule has 0 saturated carbocycles. The molecule has 0 radical (unpaired) electrons. The summed E-state index contributed by atoms with van der Waals surface area (Å²) >= 11 is 0. The van der Waals surface area contributed by atoms with Crippen molar-refractivity contribution in [3.8, 4) is 0 Å². The maximum Gasteiger partial charge on any atom is 0.294 e. The minimum Gasteiger partial charge on any atom is -0.351 e. The number of aryl methyl sites for hydroxylation is 2. The Hall–Kier alpha value is -2.19. The van der Waals surface area contributed by atoms with E-state index in [2.05, 4.69) is 10.5 Å². The SMILES string of the molecule is Cc1ccc(S(N)(=O)=O)cc1NC(=O)c1oncc1C. The van der Waals surface area contributed by atoms with Gasteiger partial charge in [-0.2, -0.15) is 0 Å². The van der Waals surface area contributed by atoms with Gasteiger partial charge in [0.2, 0.25) is 15.8 Å². The van der Waals surface area contributed by atoms with E-state index in [0.29, 0.717) is 16.8 Å². The molecule has 8 heteroatoms. The molecule has 7 nitrogen and oxygen atoms in total. The van der Waals surface area contributed by atoms with Crippen molar-refractivity contribution in [3.63, 3.8) is 0 Å². The lowest BCUT2D eigenvalue weighted by atomic mass is 10.2. The largest absolute Gasteiger partial charge is 0.351 e. The number of benzene rings is 1. The average molecular weight is 295 g/mol. The average Bonchev–Trinajstić information content (AvgIpc) is 2.77. The topological polar surface area (TPSA) is 115 Å². The van der Waals surface area contributed by atoms with Crippen LogP contribution in [0.15, 0.2) is 33.8 Å². The Morgan fingerprint density at radius 2 is 2.00 bits per heavy atom. The van der Waals surface area contributed by atoms with Crippen LogP contribution in [0.3, 0.4) is 0 Å². The van der Waals surface area contributed by atoms with E-state index in [9.17, 15) is 13.2 Å². The number of primary sulfonamides is 1. The predicted octanol–water partition coefficient (Wildman–Crippen LogP) is 1.19. The number of carbonyl (C=O) groups excluding carboxylic acids is 1. The van der Waals surface area contributed by atoms with Crippen molar-refractivity contribution in [1.29, 1.82) is 0 Å². The van der Waals surface area contributed by atoms with Gasteiger partial charge in [0.1, 0.15) is 0 Å². The van der Waals surface area contributed by atoms with Gasteiger partial charge in [-0.15, -0.1) is 0 Å². The first kappa shape index (κ1) is 14.2. The highest BCUT2D eigenvalue weighted by Gasteiger charge is 2.16. The highest BCUT2D eigenvalue weighted by molar-refractivity contribution is 7.89. The van der Waals surface area contributed by atoms with E-state index in [1.165, 1.54) is 18.3 Å². The van der Waals surface area contributed by atoms with Crippen LogP contribution in [0.25, 0.3) is 0 Å². The van der Waals surface area contributed by atoms with Gasteiger partial charge in [-0.25, -0.2) is 13.6 Å². The van der Waals surface area contributed by atoms with E-state index in [1.54, 1.807) is 19.9 Å². The zero-order valence-electron chi connectivity index (χ0n) is 10.9. The molecule has 0 spiro atoms. The first-order chi connectivity index (χ1) is 9.29. The van der Waals surface area contributed by atoms with Gasteiger partial charge in [-0.1, -0.05) is 11.2 Å². The van der Waals surface area contributed by atoms with Crippen LogP contribution < -0.4 is 10.5 Å². The third-order valence-corrected chi connectivity index (χ3v) is 3.65. The van der Waals surface area contributed by atoms with Crippen molar-refractivity contribution >= 4 is 21.6 Å². The van der Waals surface area contributed by atoms with Crippen LogP contribution in [0.5, 0.6) is 0 Å². The van der Waals surface area contributed by atoms with Crippen LogP contribution in [0.2, 0.25) is 0 Å². The minimum absolute atomic E-state index is 0.0745. The normalized spacial score (nSPS) is 11.3. The zero-order chi connectivity index (χ0) is 14.9. The molecule has 2 rings (SSSR count). The summed E-state index contributed by atoms with van der Waals surface area (Å²) in [7, 11) is -3.83. The van der Waals surface area contributed by atoms with Gasteiger partial charge in [0, 0.05) is 11.3 Å². The molecule has 20 heavy (non-hydrogen) atoms. The molecule has 0 aliphatic carbocycles. The van der Waals surface area contributed by atoms with Gasteiger partial charge in [0.15, 0.2) is 0 Å². The fourth-order valence-electron chi connectivity index (χ4n) is 1.60. The van der Waals surface area contributed by atoms with Crippen LogP contribution in [-0.2, 0) is 10.0 Å². The molecule has 3 N–H and O–H groups in total. The number of nitrogens with zero attached hydrogens (tertiary/aromatic N) is 1. The molecule has 1 aromatic carbocycles. The molecule has 106 valence electrons. The molecule has 1 aromatic heterocycles. The highest BCUT2D eigenvalue weighted by atomic mass is 32.2. The van der Waals surface area contributed by atoms with Gasteiger partial charge in [0.05, 0.1) is 11.1 Å². The van der Waals surface area contributed by atoms with Crippen LogP contribution in [0.1, 0.15) is 21.7 Å². The van der Waals surface area contributed by atoms with Crippen molar-refractivity contribution in [2.75, 3.05) is 5.32 Å². The monoisotopic (exact) mass is 295 g/mol. The summed E-state index contributed by atoms with van der Waals surface area (Å²) in [5.41, 5.74) is 1.63. The van der Waals surface area contributed by atoms with E-state index in [4.69, 9.17) is 9.66 Å². The lowest BCUT2D eigenvalue weighted by Crippen LogP contribution is -2.15. The molecule has 2 aromatic rings. The van der Waals surface area contributed by atoms with E-state index < -0.39 is 15.9 Å². The summed E-state index contributed by atoms with van der Waals surface area (Å²) in [6, 6.07) is 4.23. The highest BCUT2D eigenvalue weighted by Crippen LogP contribution is 2.20. The van der Waals surface area contributed by atoms with Gasteiger partial charge in [0.25, 0.3) is 5.91 Å². The molecule has 0 aliphatic rings. The van der Waals surface area contributed by atoms with Crippen molar-refractivity contribution in [1.82, 2.24) is 5.16 Å². The lowest BCUT2D eigenvalue weighted by Gasteiger charge is -2.09. The fraction of sp³-hybridized carbons (Fsp3) is 0.167. The summed E-state index contributed by atoms with van der Waals surface area (Å²) in [5.74, 6) is -0.430. The standard InChI is InChI=1S/C12H13N3O4S/c1-7-3-4-9(20(13,17)18)5-10(7)15-12(16)11-8(2)6-14-19-11/h3-6H,1-2H3,(H,15,16)(H2,13,17,18). The van der Waals surface area contributed by atoms with Gasteiger partial charge < -0.3 is 9.84 Å². The number of rotatable bonds is 3. The van der Waals surface area contributed by atoms with Crippen LogP contribution in [-0.4, -0.2) is 19.5 Å².